The third-order valence-corrected chi connectivity index (χ3v) is 6.92. The lowest BCUT2D eigenvalue weighted by Crippen LogP contribution is -2.37. The third-order valence-electron chi connectivity index (χ3n) is 6.92. The van der Waals surface area contributed by atoms with Crippen LogP contribution in [-0.4, -0.2) is 11.7 Å². The SMILES string of the molecule is C=Cc1ccc(-c2ccc(C(=N)N(C(=N)c3ccc(C(C)(C)CC)cc3)c3ccccc3)cc2)cc1.CC. The second kappa shape index (κ2) is 12.8. The molecule has 0 bridgehead atoms. The van der Waals surface area contributed by atoms with Crippen LogP contribution >= 0.6 is 0 Å². The predicted molar refractivity (Wildman–Crippen MR) is 166 cm³/mol. The Morgan fingerprint density at radius 2 is 1.16 bits per heavy atom. The molecule has 3 heteroatoms. The van der Waals surface area contributed by atoms with Crippen LogP contribution in [0.4, 0.5) is 5.69 Å². The first-order valence-corrected chi connectivity index (χ1v) is 13.3. The molecule has 4 rings (SSSR count). The van der Waals surface area contributed by atoms with E-state index in [1.54, 1.807) is 4.90 Å². The van der Waals surface area contributed by atoms with Gasteiger partial charge in [0.25, 0.3) is 0 Å². The summed E-state index contributed by atoms with van der Waals surface area (Å²) in [5.74, 6) is 0.536. The molecule has 4 aromatic rings. The molecule has 0 fully saturated rings. The van der Waals surface area contributed by atoms with Gasteiger partial charge in [0.1, 0.15) is 11.7 Å². The van der Waals surface area contributed by atoms with Crippen molar-refractivity contribution in [2.24, 2.45) is 0 Å². The Morgan fingerprint density at radius 3 is 1.61 bits per heavy atom. The Labute approximate surface area is 228 Å². The number of para-hydroxylation sites is 1. The highest BCUT2D eigenvalue weighted by Crippen LogP contribution is 2.28. The van der Waals surface area contributed by atoms with Crippen LogP contribution in [0.15, 0.2) is 110 Å². The summed E-state index contributed by atoms with van der Waals surface area (Å²) >= 11 is 0. The van der Waals surface area contributed by atoms with Gasteiger partial charge in [-0.3, -0.25) is 15.7 Å². The van der Waals surface area contributed by atoms with Crippen LogP contribution in [0.25, 0.3) is 17.2 Å². The van der Waals surface area contributed by atoms with Gasteiger partial charge in [0.2, 0.25) is 0 Å². The topological polar surface area (TPSA) is 50.9 Å². The highest BCUT2D eigenvalue weighted by molar-refractivity contribution is 6.27. The summed E-state index contributed by atoms with van der Waals surface area (Å²) in [6, 6.07) is 34.1. The van der Waals surface area contributed by atoms with E-state index in [1.165, 1.54) is 5.56 Å². The van der Waals surface area contributed by atoms with Crippen molar-refractivity contribution < 1.29 is 0 Å². The molecule has 4 aromatic carbocycles. The van der Waals surface area contributed by atoms with Crippen LogP contribution in [-0.2, 0) is 5.41 Å². The highest BCUT2D eigenvalue weighted by Gasteiger charge is 2.22. The van der Waals surface area contributed by atoms with Crippen molar-refractivity contribution in [1.82, 2.24) is 0 Å². The number of amidine groups is 2. The minimum Gasteiger partial charge on any atom is -0.284 e. The van der Waals surface area contributed by atoms with E-state index >= 15 is 0 Å². The van der Waals surface area contributed by atoms with Crippen molar-refractivity contribution >= 4 is 23.4 Å². The van der Waals surface area contributed by atoms with Crippen LogP contribution < -0.4 is 4.90 Å². The lowest BCUT2D eigenvalue weighted by atomic mass is 9.82. The highest BCUT2D eigenvalue weighted by atomic mass is 15.2. The zero-order valence-electron chi connectivity index (χ0n) is 23.3. The van der Waals surface area contributed by atoms with Crippen molar-refractivity contribution in [2.75, 3.05) is 4.90 Å². The summed E-state index contributed by atoms with van der Waals surface area (Å²) in [6.45, 7) is 14.5. The number of nitrogens with zero attached hydrogens (tertiary/aromatic N) is 1. The van der Waals surface area contributed by atoms with Crippen molar-refractivity contribution in [3.63, 3.8) is 0 Å². The summed E-state index contributed by atoms with van der Waals surface area (Å²) in [5, 5.41) is 18.1. The van der Waals surface area contributed by atoms with Gasteiger partial charge in [-0.2, -0.15) is 0 Å². The fourth-order valence-corrected chi connectivity index (χ4v) is 4.12. The normalized spacial score (nSPS) is 10.7. The van der Waals surface area contributed by atoms with Gasteiger partial charge in [-0.05, 0) is 46.2 Å². The second-order valence-electron chi connectivity index (χ2n) is 9.59. The van der Waals surface area contributed by atoms with Gasteiger partial charge in [0.15, 0.2) is 0 Å². The number of nitrogens with one attached hydrogen (secondary N) is 2. The smallest absolute Gasteiger partial charge is 0.138 e. The van der Waals surface area contributed by atoms with Gasteiger partial charge in [0, 0.05) is 16.8 Å². The summed E-state index contributed by atoms with van der Waals surface area (Å²) < 4.78 is 0. The standard InChI is InChI=1S/C33H33N3.C2H6/c1-5-24-12-14-25(15-13-24)26-16-18-27(19-17-26)31(34)36(30-10-8-7-9-11-30)32(35)28-20-22-29(23-21-28)33(3,4)6-2;1-2/h5,7-23,34-35H,1,6H2,2-4H3;1-2H3. The molecule has 3 nitrogen and oxygen atoms in total. The summed E-state index contributed by atoms with van der Waals surface area (Å²) in [6.07, 6.45) is 2.87. The molecule has 0 aliphatic rings. The lowest BCUT2D eigenvalue weighted by Gasteiger charge is -2.27. The van der Waals surface area contributed by atoms with Crippen LogP contribution in [0, 0.1) is 10.8 Å². The summed E-state index contributed by atoms with van der Waals surface area (Å²) in [7, 11) is 0. The average Bonchev–Trinajstić information content (AvgIpc) is 2.99. The van der Waals surface area contributed by atoms with E-state index < -0.39 is 0 Å². The molecular formula is C35H39N3. The quantitative estimate of drug-likeness (QED) is 0.192. The van der Waals surface area contributed by atoms with E-state index in [4.69, 9.17) is 10.8 Å². The van der Waals surface area contributed by atoms with E-state index in [0.717, 1.165) is 39.9 Å². The first kappa shape index (κ1) is 28.3. The molecule has 0 atom stereocenters. The van der Waals surface area contributed by atoms with Gasteiger partial charge in [0.05, 0.1) is 0 Å². The molecule has 0 aromatic heterocycles. The molecule has 0 saturated carbocycles. The van der Waals surface area contributed by atoms with Gasteiger partial charge in [-0.15, -0.1) is 0 Å². The van der Waals surface area contributed by atoms with Crippen LogP contribution in [0.5, 0.6) is 0 Å². The molecular weight excluding hydrogens is 462 g/mol. The first-order chi connectivity index (χ1) is 18.3. The lowest BCUT2D eigenvalue weighted by molar-refractivity contribution is 0.506. The van der Waals surface area contributed by atoms with Gasteiger partial charge in [-0.1, -0.05) is 138 Å². The fraction of sp³-hybridized carbons (Fsp3) is 0.200. The maximum atomic E-state index is 9.08. The molecule has 38 heavy (non-hydrogen) atoms. The molecule has 0 spiro atoms. The zero-order valence-corrected chi connectivity index (χ0v) is 23.3. The van der Waals surface area contributed by atoms with Crippen LogP contribution in [0.2, 0.25) is 0 Å². The van der Waals surface area contributed by atoms with Gasteiger partial charge >= 0.3 is 0 Å². The Balaban J connectivity index is 0.00000195. The van der Waals surface area contributed by atoms with Crippen molar-refractivity contribution in [1.29, 1.82) is 10.8 Å². The molecule has 0 radical (unpaired) electrons. The molecule has 0 amide bonds. The minimum atomic E-state index is 0.0836. The number of benzene rings is 4. The fourth-order valence-electron chi connectivity index (χ4n) is 4.12. The Bertz CT molecular complexity index is 1350. The third kappa shape index (κ3) is 6.36. The van der Waals surface area contributed by atoms with Crippen molar-refractivity contribution in [2.45, 2.75) is 46.5 Å². The number of rotatable bonds is 7. The Morgan fingerprint density at radius 1 is 0.711 bits per heavy atom. The van der Waals surface area contributed by atoms with E-state index in [1.807, 2.05) is 98.8 Å². The summed E-state index contributed by atoms with van der Waals surface area (Å²) in [4.78, 5) is 1.70. The molecule has 2 N–H and O–H groups in total. The molecule has 0 heterocycles. The van der Waals surface area contributed by atoms with Crippen molar-refractivity contribution in [3.8, 4) is 11.1 Å². The van der Waals surface area contributed by atoms with Gasteiger partial charge < -0.3 is 0 Å². The monoisotopic (exact) mass is 501 g/mol. The van der Waals surface area contributed by atoms with E-state index in [2.05, 4.69) is 51.6 Å². The Kier molecular flexibility index (Phi) is 9.56. The molecule has 194 valence electrons. The average molecular weight is 502 g/mol. The second-order valence-corrected chi connectivity index (χ2v) is 9.59. The molecule has 0 unspecified atom stereocenters. The largest absolute Gasteiger partial charge is 0.284 e. The van der Waals surface area contributed by atoms with Gasteiger partial charge in [-0.25, -0.2) is 0 Å². The predicted octanol–water partition coefficient (Wildman–Crippen LogP) is 9.57. The summed E-state index contributed by atoms with van der Waals surface area (Å²) in [5.41, 5.74) is 6.92. The maximum absolute atomic E-state index is 9.08. The molecule has 0 aliphatic heterocycles. The van der Waals surface area contributed by atoms with E-state index in [9.17, 15) is 0 Å². The van der Waals surface area contributed by atoms with Crippen LogP contribution in [0.1, 0.15) is 63.3 Å². The number of hydrogen-bond acceptors (Lipinski definition) is 2. The maximum Gasteiger partial charge on any atom is 0.138 e. The molecule has 0 saturated heterocycles. The Hall–Kier alpha value is -4.24. The minimum absolute atomic E-state index is 0.0836. The zero-order chi connectivity index (χ0) is 27.7. The van der Waals surface area contributed by atoms with Crippen molar-refractivity contribution in [3.05, 3.63) is 132 Å². The number of hydrogen-bond donors (Lipinski definition) is 2. The first-order valence-electron chi connectivity index (χ1n) is 13.3. The van der Waals surface area contributed by atoms with E-state index in [0.29, 0.717) is 0 Å². The van der Waals surface area contributed by atoms with Crippen LogP contribution in [0.3, 0.4) is 0 Å². The number of anilines is 1. The van der Waals surface area contributed by atoms with E-state index in [-0.39, 0.29) is 17.1 Å². The molecule has 0 aliphatic carbocycles.